The van der Waals surface area contributed by atoms with Crippen LogP contribution in [0.25, 0.3) is 10.8 Å². The van der Waals surface area contributed by atoms with Gasteiger partial charge in [0.05, 0.1) is 24.6 Å². The zero-order valence-corrected chi connectivity index (χ0v) is 22.1. The van der Waals surface area contributed by atoms with Gasteiger partial charge in [-0.25, -0.2) is 4.99 Å². The molecule has 0 saturated carbocycles. The van der Waals surface area contributed by atoms with E-state index in [2.05, 4.69) is 0 Å². The second-order valence-corrected chi connectivity index (χ2v) is 8.86. The summed E-state index contributed by atoms with van der Waals surface area (Å²) in [7, 11) is 0. The molecule has 0 atom stereocenters. The van der Waals surface area contributed by atoms with Gasteiger partial charge < -0.3 is 9.47 Å². The molecule has 5 nitrogen and oxygen atoms in total. The smallest absolute Gasteiger partial charge is 0.264 e. The first-order chi connectivity index (χ1) is 19.2. The zero-order chi connectivity index (χ0) is 27.0. The quantitative estimate of drug-likeness (QED) is 0.155. The van der Waals surface area contributed by atoms with Crippen LogP contribution in [-0.2, 0) is 0 Å². The highest BCUT2D eigenvalue weighted by molar-refractivity contribution is 6.28. The van der Waals surface area contributed by atoms with E-state index >= 15 is 0 Å². The molecule has 0 aliphatic rings. The number of hydrogen-bond acceptors (Lipinski definition) is 4. The molecule has 5 aromatic carbocycles. The molecule has 0 saturated heterocycles. The van der Waals surface area contributed by atoms with Gasteiger partial charge in [-0.3, -0.25) is 9.69 Å². The second-order valence-electron chi connectivity index (χ2n) is 8.86. The van der Waals surface area contributed by atoms with Crippen molar-refractivity contribution in [3.8, 4) is 11.5 Å². The minimum atomic E-state index is -0.182. The van der Waals surface area contributed by atoms with E-state index in [1.165, 1.54) is 0 Å². The Balaban J connectivity index is 1.66. The van der Waals surface area contributed by atoms with Gasteiger partial charge in [0, 0.05) is 11.1 Å². The summed E-state index contributed by atoms with van der Waals surface area (Å²) in [5.74, 6) is 1.85. The molecule has 5 aromatic rings. The average Bonchev–Trinajstić information content (AvgIpc) is 2.99. The molecule has 0 aliphatic carbocycles. The summed E-state index contributed by atoms with van der Waals surface area (Å²) in [6.45, 7) is 5.05. The summed E-state index contributed by atoms with van der Waals surface area (Å²) in [4.78, 5) is 21.0. The molecule has 39 heavy (non-hydrogen) atoms. The number of amidine groups is 1. The first-order valence-corrected chi connectivity index (χ1v) is 13.1. The standard InChI is InChI=1S/C34H30N2O3/c1-3-38-31-20-16-29(17-21-31)35-33(26-11-6-5-7-12-26)36(30-18-22-32(23-19-30)39-4-2)34(37)28-15-14-25-10-8-9-13-27(25)24-28/h5-24H,3-4H2,1-2H3. The Labute approximate surface area is 229 Å². The van der Waals surface area contributed by atoms with Crippen molar-refractivity contribution in [3.05, 3.63) is 132 Å². The van der Waals surface area contributed by atoms with Crippen LogP contribution in [0.1, 0.15) is 29.8 Å². The van der Waals surface area contributed by atoms with Gasteiger partial charge in [-0.1, -0.05) is 60.7 Å². The van der Waals surface area contributed by atoms with Gasteiger partial charge in [0.15, 0.2) is 0 Å². The number of carbonyl (C=O) groups excluding carboxylic acids is 1. The third kappa shape index (κ3) is 5.99. The van der Waals surface area contributed by atoms with Crippen LogP contribution < -0.4 is 14.4 Å². The first-order valence-electron chi connectivity index (χ1n) is 13.1. The van der Waals surface area contributed by atoms with Crippen LogP contribution in [0.15, 0.2) is 126 Å². The van der Waals surface area contributed by atoms with E-state index in [-0.39, 0.29) is 5.91 Å². The van der Waals surface area contributed by atoms with E-state index in [1.807, 2.05) is 135 Å². The Morgan fingerprint density at radius 1 is 0.641 bits per heavy atom. The van der Waals surface area contributed by atoms with E-state index < -0.39 is 0 Å². The molecule has 0 spiro atoms. The van der Waals surface area contributed by atoms with Crippen LogP contribution in [0.2, 0.25) is 0 Å². The second kappa shape index (κ2) is 12.1. The third-order valence-electron chi connectivity index (χ3n) is 6.23. The predicted molar refractivity (Wildman–Crippen MR) is 159 cm³/mol. The number of benzene rings is 5. The maximum atomic E-state index is 14.3. The van der Waals surface area contributed by atoms with E-state index in [0.29, 0.717) is 36.0 Å². The number of aliphatic imine (C=N–C) groups is 1. The maximum absolute atomic E-state index is 14.3. The van der Waals surface area contributed by atoms with Crippen molar-refractivity contribution >= 4 is 33.9 Å². The highest BCUT2D eigenvalue weighted by Gasteiger charge is 2.25. The minimum absolute atomic E-state index is 0.182. The Hall–Kier alpha value is -4.90. The summed E-state index contributed by atoms with van der Waals surface area (Å²) < 4.78 is 11.3. The molecule has 5 rings (SSSR count). The zero-order valence-electron chi connectivity index (χ0n) is 22.1. The van der Waals surface area contributed by atoms with Gasteiger partial charge in [0.1, 0.15) is 17.3 Å². The molecule has 0 unspecified atom stereocenters. The molecular formula is C34H30N2O3. The topological polar surface area (TPSA) is 51.1 Å². The van der Waals surface area contributed by atoms with Crippen LogP contribution in [0, 0.1) is 0 Å². The Morgan fingerprint density at radius 2 is 1.23 bits per heavy atom. The predicted octanol–water partition coefficient (Wildman–Crippen LogP) is 8.06. The molecule has 5 heteroatoms. The number of ether oxygens (including phenoxy) is 2. The number of amides is 1. The summed E-state index contributed by atoms with van der Waals surface area (Å²) in [5.41, 5.74) is 2.78. The van der Waals surface area contributed by atoms with E-state index in [0.717, 1.165) is 27.8 Å². The van der Waals surface area contributed by atoms with E-state index in [4.69, 9.17) is 14.5 Å². The number of rotatable bonds is 8. The number of hydrogen-bond donors (Lipinski definition) is 0. The van der Waals surface area contributed by atoms with Crippen molar-refractivity contribution in [1.29, 1.82) is 0 Å². The largest absolute Gasteiger partial charge is 0.494 e. The molecule has 0 N–H and O–H groups in total. The molecule has 194 valence electrons. The van der Waals surface area contributed by atoms with Gasteiger partial charge in [0.2, 0.25) is 0 Å². The monoisotopic (exact) mass is 514 g/mol. The Kier molecular flexibility index (Phi) is 7.98. The lowest BCUT2D eigenvalue weighted by molar-refractivity contribution is 0.100. The number of fused-ring (bicyclic) bond motifs is 1. The first kappa shape index (κ1) is 25.7. The van der Waals surface area contributed by atoms with Crippen LogP contribution in [-0.4, -0.2) is 25.0 Å². The maximum Gasteiger partial charge on any atom is 0.264 e. The molecule has 0 bridgehead atoms. The molecule has 0 aliphatic heterocycles. The summed E-state index contributed by atoms with van der Waals surface area (Å²) in [6.07, 6.45) is 0. The van der Waals surface area contributed by atoms with Crippen molar-refractivity contribution in [2.75, 3.05) is 18.1 Å². The van der Waals surface area contributed by atoms with Gasteiger partial charge in [-0.2, -0.15) is 0 Å². The van der Waals surface area contributed by atoms with Crippen molar-refractivity contribution in [1.82, 2.24) is 0 Å². The molecule has 0 fully saturated rings. The van der Waals surface area contributed by atoms with Crippen molar-refractivity contribution in [2.24, 2.45) is 4.99 Å². The summed E-state index contributed by atoms with van der Waals surface area (Å²) in [6, 6.07) is 38.6. The van der Waals surface area contributed by atoms with Gasteiger partial charge in [-0.15, -0.1) is 0 Å². The third-order valence-corrected chi connectivity index (χ3v) is 6.23. The number of anilines is 1. The van der Waals surface area contributed by atoms with Crippen molar-refractivity contribution < 1.29 is 14.3 Å². The van der Waals surface area contributed by atoms with Crippen LogP contribution in [0.3, 0.4) is 0 Å². The highest BCUT2D eigenvalue weighted by atomic mass is 16.5. The van der Waals surface area contributed by atoms with Gasteiger partial charge >= 0.3 is 0 Å². The van der Waals surface area contributed by atoms with Crippen LogP contribution in [0.5, 0.6) is 11.5 Å². The lowest BCUT2D eigenvalue weighted by atomic mass is 10.0. The normalized spacial score (nSPS) is 11.3. The highest BCUT2D eigenvalue weighted by Crippen LogP contribution is 2.28. The Bertz CT molecular complexity index is 1580. The van der Waals surface area contributed by atoms with Crippen molar-refractivity contribution in [3.63, 3.8) is 0 Å². The molecular weight excluding hydrogens is 484 g/mol. The summed E-state index contributed by atoms with van der Waals surface area (Å²) in [5, 5.41) is 2.08. The lowest BCUT2D eigenvalue weighted by Gasteiger charge is -2.25. The average molecular weight is 515 g/mol. The fourth-order valence-electron chi connectivity index (χ4n) is 4.38. The van der Waals surface area contributed by atoms with Crippen LogP contribution >= 0.6 is 0 Å². The molecule has 0 heterocycles. The minimum Gasteiger partial charge on any atom is -0.494 e. The molecule has 0 aromatic heterocycles. The van der Waals surface area contributed by atoms with E-state index in [1.54, 1.807) is 4.90 Å². The Morgan fingerprint density at radius 3 is 1.87 bits per heavy atom. The molecule has 1 amide bonds. The fourth-order valence-corrected chi connectivity index (χ4v) is 4.38. The number of nitrogens with zero attached hydrogens (tertiary/aromatic N) is 2. The van der Waals surface area contributed by atoms with E-state index in [9.17, 15) is 4.79 Å². The van der Waals surface area contributed by atoms with Gasteiger partial charge in [0.25, 0.3) is 5.91 Å². The van der Waals surface area contributed by atoms with Crippen LogP contribution in [0.4, 0.5) is 11.4 Å². The van der Waals surface area contributed by atoms with Gasteiger partial charge in [-0.05, 0) is 85.3 Å². The lowest BCUT2D eigenvalue weighted by Crippen LogP contribution is -2.37. The fraction of sp³-hybridized carbons (Fsp3) is 0.118. The van der Waals surface area contributed by atoms with Crippen molar-refractivity contribution in [2.45, 2.75) is 13.8 Å². The summed E-state index contributed by atoms with van der Waals surface area (Å²) >= 11 is 0. The molecule has 0 radical (unpaired) electrons. The SMILES string of the molecule is CCOc1ccc(N=C(c2ccccc2)N(C(=O)c2ccc3ccccc3c2)c2ccc(OCC)cc2)cc1. The number of carbonyl (C=O) groups is 1.